The lowest BCUT2D eigenvalue weighted by atomic mass is 10.2. The van der Waals surface area contributed by atoms with Gasteiger partial charge in [0.15, 0.2) is 0 Å². The summed E-state index contributed by atoms with van der Waals surface area (Å²) in [5.41, 5.74) is 1.91. The molecule has 4 aromatic rings. The largest absolute Gasteiger partial charge is 0.420 e. The maximum Gasteiger partial charge on any atom is 0.255 e. The van der Waals surface area contributed by atoms with E-state index in [2.05, 4.69) is 15.5 Å². The van der Waals surface area contributed by atoms with Gasteiger partial charge in [-0.2, -0.15) is 0 Å². The second-order valence-electron chi connectivity index (χ2n) is 6.11. The summed E-state index contributed by atoms with van der Waals surface area (Å²) in [6, 6.07) is 22.4. The molecule has 0 spiro atoms. The first-order valence-corrected chi connectivity index (χ1v) is 9.84. The van der Waals surface area contributed by atoms with Crippen LogP contribution in [0.4, 0.5) is 10.1 Å². The molecule has 1 amide bonds. The summed E-state index contributed by atoms with van der Waals surface area (Å²) in [6.45, 7) is 0. The number of thioether (sulfide) groups is 1. The van der Waals surface area contributed by atoms with Crippen molar-refractivity contribution in [3.63, 3.8) is 0 Å². The normalized spacial score (nSPS) is 10.7. The fraction of sp³-hybridized carbons (Fsp3) is 0.0455. The molecule has 0 bridgehead atoms. The molecule has 7 heteroatoms. The predicted octanol–water partition coefficient (Wildman–Crippen LogP) is 5.42. The van der Waals surface area contributed by atoms with Crippen LogP contribution in [0.2, 0.25) is 0 Å². The lowest BCUT2D eigenvalue weighted by Gasteiger charge is -2.10. The van der Waals surface area contributed by atoms with Crippen molar-refractivity contribution in [1.82, 2.24) is 10.2 Å². The van der Waals surface area contributed by atoms with E-state index >= 15 is 0 Å². The van der Waals surface area contributed by atoms with Gasteiger partial charge in [-0.25, -0.2) is 4.39 Å². The van der Waals surface area contributed by atoms with Gasteiger partial charge in [-0.15, -0.1) is 22.0 Å². The fourth-order valence-corrected chi connectivity index (χ4v) is 3.49. The minimum Gasteiger partial charge on any atom is -0.420 e. The van der Waals surface area contributed by atoms with Crippen LogP contribution < -0.4 is 5.32 Å². The highest BCUT2D eigenvalue weighted by atomic mass is 32.2. The predicted molar refractivity (Wildman–Crippen MR) is 110 cm³/mol. The van der Waals surface area contributed by atoms with Crippen molar-refractivity contribution in [3.8, 4) is 11.5 Å². The van der Waals surface area contributed by atoms with Crippen LogP contribution in [-0.4, -0.2) is 16.1 Å². The van der Waals surface area contributed by atoms with E-state index in [1.807, 2.05) is 54.6 Å². The van der Waals surface area contributed by atoms with Crippen molar-refractivity contribution < 1.29 is 13.6 Å². The molecule has 1 aromatic heterocycles. The van der Waals surface area contributed by atoms with Crippen molar-refractivity contribution in [3.05, 3.63) is 96.1 Å². The summed E-state index contributed by atoms with van der Waals surface area (Å²) in [5.74, 6) is 0.741. The summed E-state index contributed by atoms with van der Waals surface area (Å²) in [5, 5.41) is 11.0. The number of carbonyl (C=O) groups excluding carboxylic acids is 1. The summed E-state index contributed by atoms with van der Waals surface area (Å²) in [4.78, 5) is 13.3. The summed E-state index contributed by atoms with van der Waals surface area (Å²) in [7, 11) is 0. The zero-order valence-corrected chi connectivity index (χ0v) is 16.0. The molecule has 0 saturated carbocycles. The Morgan fingerprint density at radius 3 is 2.45 bits per heavy atom. The topological polar surface area (TPSA) is 68.0 Å². The van der Waals surface area contributed by atoms with E-state index in [1.54, 1.807) is 0 Å². The molecule has 1 N–H and O–H groups in total. The smallest absolute Gasteiger partial charge is 0.255 e. The number of nitrogens with zero attached hydrogens (tertiary/aromatic N) is 2. The van der Waals surface area contributed by atoms with E-state index in [-0.39, 0.29) is 11.7 Å². The molecule has 144 valence electrons. The first-order valence-electron chi connectivity index (χ1n) is 8.85. The average Bonchev–Trinajstić information content (AvgIpc) is 3.23. The highest BCUT2D eigenvalue weighted by Gasteiger charge is 2.12. The molecule has 0 aliphatic carbocycles. The van der Waals surface area contributed by atoms with Gasteiger partial charge in [0.1, 0.15) is 5.82 Å². The maximum atomic E-state index is 13.1. The van der Waals surface area contributed by atoms with E-state index < -0.39 is 0 Å². The third-order valence-electron chi connectivity index (χ3n) is 4.08. The number of hydrogen-bond donors (Lipinski definition) is 1. The van der Waals surface area contributed by atoms with Crippen molar-refractivity contribution in [2.75, 3.05) is 5.32 Å². The molecule has 3 aromatic carbocycles. The number of anilines is 1. The fourth-order valence-electron chi connectivity index (χ4n) is 2.64. The van der Waals surface area contributed by atoms with E-state index in [1.165, 1.54) is 36.0 Å². The zero-order valence-electron chi connectivity index (χ0n) is 15.2. The number of carbonyl (C=O) groups is 1. The van der Waals surface area contributed by atoms with Crippen LogP contribution in [0.15, 0.2) is 88.2 Å². The van der Waals surface area contributed by atoms with Gasteiger partial charge in [-0.1, -0.05) is 30.3 Å². The van der Waals surface area contributed by atoms with Crippen LogP contribution in [0.25, 0.3) is 11.5 Å². The number of benzene rings is 3. The molecule has 4 rings (SSSR count). The zero-order chi connectivity index (χ0) is 20.1. The first kappa shape index (κ1) is 18.9. The molecule has 0 atom stereocenters. The molecule has 29 heavy (non-hydrogen) atoms. The lowest BCUT2D eigenvalue weighted by molar-refractivity contribution is 0.102. The quantitative estimate of drug-likeness (QED) is 0.434. The minimum atomic E-state index is -0.382. The number of hydrogen-bond acceptors (Lipinski definition) is 5. The van der Waals surface area contributed by atoms with Gasteiger partial charge >= 0.3 is 0 Å². The second kappa shape index (κ2) is 8.70. The van der Waals surface area contributed by atoms with Gasteiger partial charge < -0.3 is 9.73 Å². The molecular weight excluding hydrogens is 389 g/mol. The van der Waals surface area contributed by atoms with Gasteiger partial charge in [0.2, 0.25) is 11.8 Å². The van der Waals surface area contributed by atoms with E-state index in [0.717, 1.165) is 10.5 Å². The Morgan fingerprint density at radius 2 is 1.66 bits per heavy atom. The third-order valence-corrected chi connectivity index (χ3v) is 5.14. The number of amides is 1. The van der Waals surface area contributed by atoms with Crippen LogP contribution in [0.3, 0.4) is 0 Å². The number of halogens is 1. The first-order chi connectivity index (χ1) is 14.2. The molecule has 1 heterocycles. The van der Waals surface area contributed by atoms with Gasteiger partial charge in [0.05, 0.1) is 11.4 Å². The molecule has 0 radical (unpaired) electrons. The van der Waals surface area contributed by atoms with Crippen molar-refractivity contribution in [1.29, 1.82) is 0 Å². The highest BCUT2D eigenvalue weighted by Crippen LogP contribution is 2.30. The Hall–Kier alpha value is -3.45. The molecule has 0 aliphatic heterocycles. The molecule has 0 fully saturated rings. The van der Waals surface area contributed by atoms with Crippen LogP contribution >= 0.6 is 11.8 Å². The van der Waals surface area contributed by atoms with Crippen LogP contribution in [0.1, 0.15) is 16.2 Å². The summed E-state index contributed by atoms with van der Waals surface area (Å²) < 4.78 is 18.8. The Balaban J connectivity index is 1.44. The number of rotatable bonds is 6. The van der Waals surface area contributed by atoms with Crippen LogP contribution in [0, 0.1) is 5.82 Å². The van der Waals surface area contributed by atoms with Gasteiger partial charge in [0.25, 0.3) is 5.91 Å². The average molecular weight is 405 g/mol. The summed E-state index contributed by atoms with van der Waals surface area (Å²) >= 11 is 1.48. The third kappa shape index (κ3) is 4.70. The SMILES string of the molecule is O=C(Nc1ccccc1SCc1nnc(-c2ccccc2)o1)c1ccc(F)cc1. The molecule has 0 unspecified atom stereocenters. The lowest BCUT2D eigenvalue weighted by Crippen LogP contribution is -2.12. The van der Waals surface area contributed by atoms with E-state index in [9.17, 15) is 9.18 Å². The van der Waals surface area contributed by atoms with Crippen LogP contribution in [-0.2, 0) is 5.75 Å². The van der Waals surface area contributed by atoms with Gasteiger partial charge in [0, 0.05) is 16.0 Å². The number of para-hydroxylation sites is 1. The molecule has 5 nitrogen and oxygen atoms in total. The Kier molecular flexibility index (Phi) is 5.67. The van der Waals surface area contributed by atoms with Gasteiger partial charge in [-0.05, 0) is 48.5 Å². The summed E-state index contributed by atoms with van der Waals surface area (Å²) in [6.07, 6.45) is 0. The molecule has 0 saturated heterocycles. The number of nitrogens with one attached hydrogen (secondary N) is 1. The Labute approximate surface area is 171 Å². The van der Waals surface area contributed by atoms with Crippen molar-refractivity contribution in [2.45, 2.75) is 10.6 Å². The second-order valence-corrected chi connectivity index (χ2v) is 7.13. The van der Waals surface area contributed by atoms with Crippen molar-refractivity contribution in [2.24, 2.45) is 0 Å². The maximum absolute atomic E-state index is 13.1. The van der Waals surface area contributed by atoms with Gasteiger partial charge in [-0.3, -0.25) is 4.79 Å². The van der Waals surface area contributed by atoms with Crippen molar-refractivity contribution >= 4 is 23.4 Å². The Morgan fingerprint density at radius 1 is 0.931 bits per heavy atom. The Bertz CT molecular complexity index is 1110. The highest BCUT2D eigenvalue weighted by molar-refractivity contribution is 7.98. The molecular formula is C22H16FN3O2S. The monoisotopic (exact) mass is 405 g/mol. The number of aromatic nitrogens is 2. The van der Waals surface area contributed by atoms with Crippen LogP contribution in [0.5, 0.6) is 0 Å². The van der Waals surface area contributed by atoms with E-state index in [4.69, 9.17) is 4.42 Å². The minimum absolute atomic E-state index is 0.304. The van der Waals surface area contributed by atoms with E-state index in [0.29, 0.717) is 28.8 Å². The molecule has 0 aliphatic rings. The standard InChI is InChI=1S/C22H16FN3O2S/c23-17-12-10-15(11-13-17)21(27)24-18-8-4-5-9-19(18)29-14-20-25-26-22(28-20)16-6-2-1-3-7-16/h1-13H,14H2,(H,24,27).